The molecule has 0 saturated carbocycles. The highest BCUT2D eigenvalue weighted by Gasteiger charge is 2.35. The van der Waals surface area contributed by atoms with Crippen molar-refractivity contribution in [1.29, 1.82) is 0 Å². The van der Waals surface area contributed by atoms with Crippen molar-refractivity contribution in [3.05, 3.63) is 81.0 Å². The Bertz CT molecular complexity index is 1180. The number of furan rings is 1. The first-order valence-electron chi connectivity index (χ1n) is 8.83. The molecule has 146 valence electrons. The van der Waals surface area contributed by atoms with Crippen LogP contribution in [-0.4, -0.2) is 11.8 Å². The molecule has 1 aromatic heterocycles. The van der Waals surface area contributed by atoms with Gasteiger partial charge in [-0.15, -0.1) is 0 Å². The molecule has 1 aliphatic heterocycles. The fourth-order valence-corrected chi connectivity index (χ4v) is 3.57. The number of aryl methyl sites for hydroxylation is 2. The second-order valence-electron chi connectivity index (χ2n) is 6.76. The van der Waals surface area contributed by atoms with E-state index in [9.17, 15) is 9.59 Å². The van der Waals surface area contributed by atoms with Gasteiger partial charge in [0.15, 0.2) is 0 Å². The van der Waals surface area contributed by atoms with Crippen LogP contribution < -0.4 is 10.4 Å². The first-order valence-corrected chi connectivity index (χ1v) is 9.59. The Hall–Kier alpha value is -3.02. The lowest BCUT2D eigenvalue weighted by molar-refractivity contribution is -0.117. The zero-order valence-corrected chi connectivity index (χ0v) is 17.1. The zero-order valence-electron chi connectivity index (χ0n) is 15.6. The van der Waals surface area contributed by atoms with Crippen molar-refractivity contribution in [3.63, 3.8) is 0 Å². The summed E-state index contributed by atoms with van der Waals surface area (Å²) in [5.41, 5.74) is 5.80. The molecule has 2 amide bonds. The van der Waals surface area contributed by atoms with Crippen molar-refractivity contribution >= 4 is 46.8 Å². The quantitative estimate of drug-likeness (QED) is 0.454. The SMILES string of the molecule is Cc1ccc(N2NC(=O)C(=Cc3ccc(-c4cc(Cl)ccc4Cl)o3)C2=O)c(C)c1. The molecule has 0 aliphatic carbocycles. The molecule has 4 rings (SSSR count). The van der Waals surface area contributed by atoms with Gasteiger partial charge in [-0.25, -0.2) is 5.01 Å². The van der Waals surface area contributed by atoms with Gasteiger partial charge in [0.1, 0.15) is 17.1 Å². The Labute approximate surface area is 177 Å². The molecule has 0 radical (unpaired) electrons. The van der Waals surface area contributed by atoms with E-state index in [1.165, 1.54) is 11.1 Å². The van der Waals surface area contributed by atoms with E-state index in [1.54, 1.807) is 36.4 Å². The average molecular weight is 427 g/mol. The lowest BCUT2D eigenvalue weighted by atomic mass is 10.1. The molecule has 0 bridgehead atoms. The van der Waals surface area contributed by atoms with E-state index in [4.69, 9.17) is 27.6 Å². The topological polar surface area (TPSA) is 62.6 Å². The normalized spacial score (nSPS) is 15.3. The fraction of sp³-hybridized carbons (Fsp3) is 0.0909. The molecule has 1 saturated heterocycles. The van der Waals surface area contributed by atoms with Gasteiger partial charge >= 0.3 is 0 Å². The molecule has 1 aliphatic rings. The molecule has 7 heteroatoms. The Balaban J connectivity index is 1.65. The van der Waals surface area contributed by atoms with Crippen molar-refractivity contribution in [2.45, 2.75) is 13.8 Å². The van der Waals surface area contributed by atoms with Crippen LogP contribution in [0.4, 0.5) is 5.69 Å². The van der Waals surface area contributed by atoms with Gasteiger partial charge in [-0.05, 0) is 61.9 Å². The summed E-state index contributed by atoms with van der Waals surface area (Å²) in [5.74, 6) is -0.0899. The van der Waals surface area contributed by atoms with E-state index in [2.05, 4.69) is 5.43 Å². The molecule has 2 aromatic carbocycles. The summed E-state index contributed by atoms with van der Waals surface area (Å²) in [6.07, 6.45) is 1.42. The number of hydrogen-bond donors (Lipinski definition) is 1. The van der Waals surface area contributed by atoms with E-state index in [-0.39, 0.29) is 5.57 Å². The predicted octanol–water partition coefficient (Wildman–Crippen LogP) is 5.33. The van der Waals surface area contributed by atoms with Crippen LogP contribution in [0.15, 0.2) is 58.5 Å². The number of amides is 2. The van der Waals surface area contributed by atoms with Crippen LogP contribution in [0.1, 0.15) is 16.9 Å². The lowest BCUT2D eigenvalue weighted by Crippen LogP contribution is -2.36. The number of hydrazine groups is 1. The van der Waals surface area contributed by atoms with Crippen LogP contribution in [0.25, 0.3) is 17.4 Å². The minimum Gasteiger partial charge on any atom is -0.457 e. The number of anilines is 1. The van der Waals surface area contributed by atoms with Gasteiger partial charge in [0, 0.05) is 10.6 Å². The number of benzene rings is 2. The molecule has 1 fully saturated rings. The van der Waals surface area contributed by atoms with Gasteiger partial charge < -0.3 is 4.42 Å². The third kappa shape index (κ3) is 3.67. The summed E-state index contributed by atoms with van der Waals surface area (Å²) >= 11 is 12.2. The number of nitrogens with one attached hydrogen (secondary N) is 1. The Morgan fingerprint density at radius 3 is 2.55 bits per heavy atom. The van der Waals surface area contributed by atoms with E-state index in [0.29, 0.717) is 32.8 Å². The lowest BCUT2D eigenvalue weighted by Gasteiger charge is -2.17. The smallest absolute Gasteiger partial charge is 0.282 e. The highest BCUT2D eigenvalue weighted by molar-refractivity contribution is 6.35. The summed E-state index contributed by atoms with van der Waals surface area (Å²) in [6.45, 7) is 3.85. The van der Waals surface area contributed by atoms with Gasteiger partial charge in [-0.1, -0.05) is 40.9 Å². The molecule has 3 aromatic rings. The highest BCUT2D eigenvalue weighted by Crippen LogP contribution is 2.33. The second-order valence-corrected chi connectivity index (χ2v) is 7.60. The van der Waals surface area contributed by atoms with Crippen LogP contribution in [0, 0.1) is 13.8 Å². The zero-order chi connectivity index (χ0) is 20.7. The molecule has 2 heterocycles. The summed E-state index contributed by atoms with van der Waals surface area (Å²) < 4.78 is 5.77. The fourth-order valence-electron chi connectivity index (χ4n) is 3.19. The average Bonchev–Trinajstić information content (AvgIpc) is 3.24. The summed E-state index contributed by atoms with van der Waals surface area (Å²) in [6, 6.07) is 14.1. The van der Waals surface area contributed by atoms with Crippen LogP contribution in [0.5, 0.6) is 0 Å². The molecule has 29 heavy (non-hydrogen) atoms. The third-order valence-corrected chi connectivity index (χ3v) is 5.16. The molecule has 5 nitrogen and oxygen atoms in total. The Kier molecular flexibility index (Phi) is 4.94. The minimum absolute atomic E-state index is 0.0110. The van der Waals surface area contributed by atoms with E-state index < -0.39 is 11.8 Å². The maximum Gasteiger partial charge on any atom is 0.282 e. The molecule has 0 atom stereocenters. The number of nitrogens with zero attached hydrogens (tertiary/aromatic N) is 1. The van der Waals surface area contributed by atoms with Gasteiger partial charge in [-0.2, -0.15) is 0 Å². The summed E-state index contributed by atoms with van der Waals surface area (Å²) in [4.78, 5) is 25.2. The van der Waals surface area contributed by atoms with E-state index in [1.807, 2.05) is 26.0 Å². The number of carbonyl (C=O) groups excluding carboxylic acids is 2. The molecule has 0 spiro atoms. The number of rotatable bonds is 3. The summed E-state index contributed by atoms with van der Waals surface area (Å²) in [5, 5.41) is 2.26. The maximum absolute atomic E-state index is 12.8. The first kappa shape index (κ1) is 19.3. The van der Waals surface area contributed by atoms with Crippen LogP contribution in [0.2, 0.25) is 10.0 Å². The monoisotopic (exact) mass is 426 g/mol. The van der Waals surface area contributed by atoms with Crippen molar-refractivity contribution in [1.82, 2.24) is 5.43 Å². The van der Waals surface area contributed by atoms with E-state index in [0.717, 1.165) is 11.1 Å². The van der Waals surface area contributed by atoms with Crippen LogP contribution in [0.3, 0.4) is 0 Å². The highest BCUT2D eigenvalue weighted by atomic mass is 35.5. The number of hydrogen-bond acceptors (Lipinski definition) is 3. The molecule has 1 N–H and O–H groups in total. The van der Waals surface area contributed by atoms with Crippen molar-refractivity contribution in [2.75, 3.05) is 5.01 Å². The van der Waals surface area contributed by atoms with Crippen molar-refractivity contribution in [3.8, 4) is 11.3 Å². The molecular weight excluding hydrogens is 411 g/mol. The Morgan fingerprint density at radius 2 is 1.79 bits per heavy atom. The van der Waals surface area contributed by atoms with Crippen LogP contribution in [-0.2, 0) is 9.59 Å². The van der Waals surface area contributed by atoms with Gasteiger partial charge in [-0.3, -0.25) is 15.0 Å². The van der Waals surface area contributed by atoms with Gasteiger partial charge in [0.05, 0.1) is 10.7 Å². The Morgan fingerprint density at radius 1 is 1.00 bits per heavy atom. The van der Waals surface area contributed by atoms with Crippen molar-refractivity contribution in [2.24, 2.45) is 0 Å². The third-order valence-electron chi connectivity index (χ3n) is 4.59. The van der Waals surface area contributed by atoms with Gasteiger partial charge in [0.25, 0.3) is 11.8 Å². The molecule has 0 unspecified atom stereocenters. The van der Waals surface area contributed by atoms with E-state index >= 15 is 0 Å². The first-order chi connectivity index (χ1) is 13.8. The second kappa shape index (κ2) is 7.43. The summed E-state index contributed by atoms with van der Waals surface area (Å²) in [7, 11) is 0. The number of halogens is 2. The molecular formula is C22H16Cl2N2O3. The standard InChI is InChI=1S/C22H16Cl2N2O3/c1-12-3-7-19(13(2)9-12)26-22(28)17(21(27)25-26)11-15-5-8-20(29-15)16-10-14(23)4-6-18(16)24/h3-11H,1-2H3,(H,25,27). The van der Waals surface area contributed by atoms with Gasteiger partial charge in [0.2, 0.25) is 0 Å². The largest absolute Gasteiger partial charge is 0.457 e. The van der Waals surface area contributed by atoms with Crippen LogP contribution >= 0.6 is 23.2 Å². The predicted molar refractivity (Wildman–Crippen MR) is 114 cm³/mol. The maximum atomic E-state index is 12.8. The minimum atomic E-state index is -0.492. The van der Waals surface area contributed by atoms with Crippen molar-refractivity contribution < 1.29 is 14.0 Å². The number of carbonyl (C=O) groups is 2.